The number of amides is 1. The van der Waals surface area contributed by atoms with Crippen molar-refractivity contribution in [1.82, 2.24) is 5.43 Å². The van der Waals surface area contributed by atoms with Crippen LogP contribution in [0.3, 0.4) is 0 Å². The molecule has 1 amide bonds. The number of ether oxygens (including phenoxy) is 1. The average molecular weight is 415 g/mol. The quantitative estimate of drug-likeness (QED) is 0.318. The fourth-order valence-corrected chi connectivity index (χ4v) is 3.24. The maximum Gasteiger partial charge on any atom is 0.271 e. The predicted octanol–water partition coefficient (Wildman–Crippen LogP) is 5.84. The van der Waals surface area contributed by atoms with Crippen molar-refractivity contribution in [3.05, 3.63) is 113 Å². The second-order valence-electron chi connectivity index (χ2n) is 6.67. The van der Waals surface area contributed by atoms with Crippen LogP contribution in [0.15, 0.2) is 96.1 Å². The van der Waals surface area contributed by atoms with Crippen molar-refractivity contribution in [3.63, 3.8) is 0 Å². The summed E-state index contributed by atoms with van der Waals surface area (Å²) < 4.78 is 6.07. The summed E-state index contributed by atoms with van der Waals surface area (Å²) in [6, 6.07) is 28.6. The van der Waals surface area contributed by atoms with Crippen LogP contribution >= 0.6 is 11.6 Å². The number of nitrogens with zero attached hydrogens (tertiary/aromatic N) is 1. The van der Waals surface area contributed by atoms with Gasteiger partial charge in [-0.05, 0) is 52.7 Å². The first-order chi connectivity index (χ1) is 14.7. The minimum atomic E-state index is -0.308. The molecule has 4 aromatic rings. The fourth-order valence-electron chi connectivity index (χ4n) is 3.12. The highest BCUT2D eigenvalue weighted by atomic mass is 35.5. The summed E-state index contributed by atoms with van der Waals surface area (Å²) in [5.41, 5.74) is 4.89. The molecule has 30 heavy (non-hydrogen) atoms. The van der Waals surface area contributed by atoms with E-state index in [0.29, 0.717) is 22.9 Å². The lowest BCUT2D eigenvalue weighted by Gasteiger charge is -2.11. The first-order valence-electron chi connectivity index (χ1n) is 9.48. The second-order valence-corrected chi connectivity index (χ2v) is 7.11. The maximum absolute atomic E-state index is 12.2. The zero-order valence-corrected chi connectivity index (χ0v) is 16.8. The Labute approximate surface area is 179 Å². The second kappa shape index (κ2) is 9.25. The van der Waals surface area contributed by atoms with Gasteiger partial charge in [-0.25, -0.2) is 5.43 Å². The summed E-state index contributed by atoms with van der Waals surface area (Å²) in [5, 5.41) is 6.99. The zero-order valence-electron chi connectivity index (χ0n) is 16.1. The normalized spacial score (nSPS) is 11.0. The van der Waals surface area contributed by atoms with E-state index in [1.54, 1.807) is 30.5 Å². The van der Waals surface area contributed by atoms with Crippen LogP contribution in [0.1, 0.15) is 21.5 Å². The lowest BCUT2D eigenvalue weighted by Crippen LogP contribution is -2.17. The summed E-state index contributed by atoms with van der Waals surface area (Å²) in [6.07, 6.45) is 1.58. The van der Waals surface area contributed by atoms with Crippen molar-refractivity contribution in [1.29, 1.82) is 0 Å². The summed E-state index contributed by atoms with van der Waals surface area (Å²) >= 11 is 5.85. The number of benzene rings is 4. The molecule has 0 unspecified atom stereocenters. The van der Waals surface area contributed by atoms with Crippen LogP contribution in [0.25, 0.3) is 10.8 Å². The Kier molecular flexibility index (Phi) is 6.06. The number of halogens is 1. The SMILES string of the molecule is O=C(N/N=C/c1ccccc1OCc1cccc2ccccc12)c1ccc(Cl)cc1. The number of nitrogens with one attached hydrogen (secondary N) is 1. The Morgan fingerprint density at radius 3 is 2.50 bits per heavy atom. The van der Waals surface area contributed by atoms with Gasteiger partial charge in [-0.2, -0.15) is 5.10 Å². The Balaban J connectivity index is 1.45. The number of para-hydroxylation sites is 1. The Hall–Kier alpha value is -3.63. The van der Waals surface area contributed by atoms with Crippen LogP contribution in [-0.2, 0) is 6.61 Å². The van der Waals surface area contributed by atoms with Crippen molar-refractivity contribution in [2.45, 2.75) is 6.61 Å². The number of carbonyl (C=O) groups is 1. The molecule has 4 nitrogen and oxygen atoms in total. The van der Waals surface area contributed by atoms with Crippen molar-refractivity contribution >= 4 is 34.5 Å². The summed E-state index contributed by atoms with van der Waals surface area (Å²) in [7, 11) is 0. The molecule has 0 heterocycles. The van der Waals surface area contributed by atoms with Gasteiger partial charge in [-0.15, -0.1) is 0 Å². The summed E-state index contributed by atoms with van der Waals surface area (Å²) in [6.45, 7) is 0.434. The van der Waals surface area contributed by atoms with Gasteiger partial charge in [-0.1, -0.05) is 66.2 Å². The molecule has 0 aliphatic rings. The molecular weight excluding hydrogens is 396 g/mol. The molecule has 0 saturated carbocycles. The van der Waals surface area contributed by atoms with Crippen LogP contribution < -0.4 is 10.2 Å². The molecule has 0 spiro atoms. The van der Waals surface area contributed by atoms with E-state index in [-0.39, 0.29) is 5.91 Å². The lowest BCUT2D eigenvalue weighted by molar-refractivity contribution is 0.0955. The van der Waals surface area contributed by atoms with Gasteiger partial charge in [0.05, 0.1) is 6.21 Å². The molecule has 0 fully saturated rings. The van der Waals surface area contributed by atoms with Gasteiger partial charge in [0.2, 0.25) is 0 Å². The van der Waals surface area contributed by atoms with E-state index in [4.69, 9.17) is 16.3 Å². The van der Waals surface area contributed by atoms with Gasteiger partial charge < -0.3 is 4.74 Å². The van der Waals surface area contributed by atoms with E-state index < -0.39 is 0 Å². The number of hydrogen-bond acceptors (Lipinski definition) is 3. The molecular formula is C25H19ClN2O2. The van der Waals surface area contributed by atoms with Crippen molar-refractivity contribution in [2.75, 3.05) is 0 Å². The Bertz CT molecular complexity index is 1200. The molecule has 4 rings (SSSR count). The molecule has 0 aromatic heterocycles. The first-order valence-corrected chi connectivity index (χ1v) is 9.86. The molecule has 0 atom stereocenters. The van der Waals surface area contributed by atoms with E-state index >= 15 is 0 Å². The molecule has 0 radical (unpaired) electrons. The largest absolute Gasteiger partial charge is 0.488 e. The predicted molar refractivity (Wildman–Crippen MR) is 121 cm³/mol. The number of carbonyl (C=O) groups excluding carboxylic acids is 1. The third-order valence-electron chi connectivity index (χ3n) is 4.66. The van der Waals surface area contributed by atoms with Crippen molar-refractivity contribution < 1.29 is 9.53 Å². The van der Waals surface area contributed by atoms with Crippen LogP contribution in [0.4, 0.5) is 0 Å². The highest BCUT2D eigenvalue weighted by molar-refractivity contribution is 6.30. The third-order valence-corrected chi connectivity index (χ3v) is 4.91. The Morgan fingerprint density at radius 1 is 0.900 bits per heavy atom. The number of hydrogen-bond donors (Lipinski definition) is 1. The number of hydrazone groups is 1. The number of fused-ring (bicyclic) bond motifs is 1. The van der Waals surface area contributed by atoms with E-state index in [2.05, 4.69) is 34.8 Å². The monoisotopic (exact) mass is 414 g/mol. The topological polar surface area (TPSA) is 50.7 Å². The average Bonchev–Trinajstić information content (AvgIpc) is 2.79. The van der Waals surface area contributed by atoms with Crippen molar-refractivity contribution in [3.8, 4) is 5.75 Å². The molecule has 1 N–H and O–H groups in total. The van der Waals surface area contributed by atoms with Crippen LogP contribution in [-0.4, -0.2) is 12.1 Å². The fraction of sp³-hybridized carbons (Fsp3) is 0.0400. The molecule has 0 aliphatic carbocycles. The van der Waals surface area contributed by atoms with E-state index in [1.165, 1.54) is 10.8 Å². The van der Waals surface area contributed by atoms with Gasteiger partial charge in [0.1, 0.15) is 12.4 Å². The molecule has 0 saturated heterocycles. The van der Waals surface area contributed by atoms with Gasteiger partial charge >= 0.3 is 0 Å². The molecule has 148 valence electrons. The highest BCUT2D eigenvalue weighted by Crippen LogP contribution is 2.22. The minimum Gasteiger partial charge on any atom is -0.488 e. The molecule has 5 heteroatoms. The van der Waals surface area contributed by atoms with Crippen LogP contribution in [0.5, 0.6) is 5.75 Å². The number of rotatable bonds is 6. The lowest BCUT2D eigenvalue weighted by atomic mass is 10.1. The van der Waals surface area contributed by atoms with Crippen molar-refractivity contribution in [2.24, 2.45) is 5.10 Å². The van der Waals surface area contributed by atoms with E-state index in [1.807, 2.05) is 42.5 Å². The highest BCUT2D eigenvalue weighted by Gasteiger charge is 2.06. The van der Waals surface area contributed by atoms with Gasteiger partial charge in [0.25, 0.3) is 5.91 Å². The van der Waals surface area contributed by atoms with E-state index in [0.717, 1.165) is 11.1 Å². The van der Waals surface area contributed by atoms with Gasteiger partial charge in [0, 0.05) is 16.1 Å². The Morgan fingerprint density at radius 2 is 1.63 bits per heavy atom. The standard InChI is InChI=1S/C25H19ClN2O2/c26-22-14-12-19(13-15-22)25(29)28-27-16-20-7-2-4-11-24(20)30-17-21-9-5-8-18-6-1-3-10-23(18)21/h1-16H,17H2,(H,28,29)/b27-16+. The smallest absolute Gasteiger partial charge is 0.271 e. The summed E-state index contributed by atoms with van der Waals surface area (Å²) in [5.74, 6) is 0.381. The first kappa shape index (κ1) is 19.7. The summed E-state index contributed by atoms with van der Waals surface area (Å²) in [4.78, 5) is 12.2. The van der Waals surface area contributed by atoms with E-state index in [9.17, 15) is 4.79 Å². The molecule has 0 aliphatic heterocycles. The third kappa shape index (κ3) is 4.67. The molecule has 0 bridgehead atoms. The maximum atomic E-state index is 12.2. The van der Waals surface area contributed by atoms with Crippen LogP contribution in [0, 0.1) is 0 Å². The van der Waals surface area contributed by atoms with Crippen LogP contribution in [0.2, 0.25) is 5.02 Å². The zero-order chi connectivity index (χ0) is 20.8. The minimum absolute atomic E-state index is 0.308. The molecule has 4 aromatic carbocycles. The van der Waals surface area contributed by atoms with Gasteiger partial charge in [-0.3, -0.25) is 4.79 Å². The van der Waals surface area contributed by atoms with Gasteiger partial charge in [0.15, 0.2) is 0 Å².